The van der Waals surface area contributed by atoms with E-state index >= 15 is 0 Å². The third-order valence-corrected chi connectivity index (χ3v) is 5.02. The second-order valence-corrected chi connectivity index (χ2v) is 9.03. The minimum atomic E-state index is -3.78. The summed E-state index contributed by atoms with van der Waals surface area (Å²) in [6.07, 6.45) is 6.17. The van der Waals surface area contributed by atoms with Gasteiger partial charge in [-0.25, -0.2) is 4.79 Å². The average molecular weight is 364 g/mol. The summed E-state index contributed by atoms with van der Waals surface area (Å²) in [4.78, 5) is 21.5. The molecule has 0 aliphatic carbocycles. The lowest BCUT2D eigenvalue weighted by Gasteiger charge is -2.25. The molecule has 7 heteroatoms. The zero-order valence-electron chi connectivity index (χ0n) is 15.7. The number of rotatable bonds is 14. The van der Waals surface area contributed by atoms with Crippen LogP contribution in [0.15, 0.2) is 12.7 Å². The molecule has 0 saturated carbocycles. The van der Waals surface area contributed by atoms with Crippen molar-refractivity contribution in [1.29, 1.82) is 0 Å². The number of quaternary nitrogens is 1. The van der Waals surface area contributed by atoms with E-state index in [4.69, 9.17) is 9.26 Å². The molecule has 24 heavy (non-hydrogen) atoms. The summed E-state index contributed by atoms with van der Waals surface area (Å²) in [5, 5.41) is 0. The Balaban J connectivity index is 4.45. The van der Waals surface area contributed by atoms with Crippen molar-refractivity contribution in [2.45, 2.75) is 51.6 Å². The van der Waals surface area contributed by atoms with Gasteiger partial charge >= 0.3 is 13.6 Å². The Hall–Kier alpha value is -0.680. The number of esters is 1. The molecule has 0 rings (SSSR count). The summed E-state index contributed by atoms with van der Waals surface area (Å²) >= 11 is 0. The number of likely N-dealkylation sites (N-methyl/N-ethyl adjacent to an activating group) is 1. The van der Waals surface area contributed by atoms with Gasteiger partial charge in [-0.05, 0) is 12.8 Å². The molecule has 0 radical (unpaired) electrons. The summed E-state index contributed by atoms with van der Waals surface area (Å²) in [7, 11) is 2.16. The first-order chi connectivity index (χ1) is 11.1. The minimum absolute atomic E-state index is 0.169. The Kier molecular flexibility index (Phi) is 11.5. The van der Waals surface area contributed by atoms with Crippen LogP contribution in [0.1, 0.15) is 45.4 Å². The van der Waals surface area contributed by atoms with Crippen molar-refractivity contribution in [3.63, 3.8) is 0 Å². The van der Waals surface area contributed by atoms with Crippen LogP contribution in [-0.4, -0.2) is 61.9 Å². The normalized spacial score (nSPS) is 15.5. The molecule has 0 aromatic heterocycles. The molecule has 1 N–H and O–H groups in total. The lowest BCUT2D eigenvalue weighted by molar-refractivity contribution is -0.870. The number of hydrogen-bond donors (Lipinski definition) is 1. The van der Waals surface area contributed by atoms with Crippen molar-refractivity contribution in [3.05, 3.63) is 12.7 Å². The van der Waals surface area contributed by atoms with E-state index in [0.29, 0.717) is 17.4 Å². The van der Waals surface area contributed by atoms with Crippen LogP contribution in [0.5, 0.6) is 0 Å². The molecule has 0 saturated heterocycles. The highest BCUT2D eigenvalue weighted by Crippen LogP contribution is 2.43. The maximum Gasteiger partial charge on any atom is 0.332 e. The molecule has 0 fully saturated rings. The first-order valence-corrected chi connectivity index (χ1v) is 10.5. The van der Waals surface area contributed by atoms with Crippen molar-refractivity contribution in [3.8, 4) is 0 Å². The standard InChI is InChI=1S/C17H34NO5P/c1-6-8-9-10-11-12-16(23-17(19)7-2)15-24(20,21)22-14-13-18(3,4)5/h7,16H,2,6,8-15H2,1,3-5H3/p+1. The predicted molar refractivity (Wildman–Crippen MR) is 97.0 cm³/mol. The van der Waals surface area contributed by atoms with Gasteiger partial charge in [0.25, 0.3) is 0 Å². The topological polar surface area (TPSA) is 72.8 Å². The van der Waals surface area contributed by atoms with Gasteiger partial charge in [0.05, 0.1) is 27.3 Å². The molecular weight excluding hydrogens is 329 g/mol. The van der Waals surface area contributed by atoms with Gasteiger partial charge in [-0.1, -0.05) is 39.2 Å². The number of nitrogens with zero attached hydrogens (tertiary/aromatic N) is 1. The number of hydrogen-bond acceptors (Lipinski definition) is 4. The maximum absolute atomic E-state index is 12.2. The first-order valence-electron chi connectivity index (χ1n) is 8.69. The second kappa shape index (κ2) is 11.8. The van der Waals surface area contributed by atoms with E-state index in [1.54, 1.807) is 0 Å². The summed E-state index contributed by atoms with van der Waals surface area (Å²) in [6.45, 7) is 6.33. The van der Waals surface area contributed by atoms with Crippen LogP contribution >= 0.6 is 7.60 Å². The summed E-state index contributed by atoms with van der Waals surface area (Å²) in [6, 6.07) is 0. The first kappa shape index (κ1) is 23.3. The lowest BCUT2D eigenvalue weighted by Crippen LogP contribution is -2.37. The number of carbonyl (C=O) groups excluding carboxylic acids is 1. The van der Waals surface area contributed by atoms with Gasteiger partial charge in [0.15, 0.2) is 0 Å². The van der Waals surface area contributed by atoms with Crippen molar-refractivity contribution < 1.29 is 28.0 Å². The highest BCUT2D eigenvalue weighted by Gasteiger charge is 2.28. The quantitative estimate of drug-likeness (QED) is 0.168. The van der Waals surface area contributed by atoms with Gasteiger partial charge in [0.1, 0.15) is 19.3 Å². The van der Waals surface area contributed by atoms with Crippen LogP contribution in [0.25, 0.3) is 0 Å². The maximum atomic E-state index is 12.2. The molecule has 2 atom stereocenters. The molecule has 2 unspecified atom stereocenters. The highest BCUT2D eigenvalue weighted by atomic mass is 31.2. The SMILES string of the molecule is C=CC(=O)OC(CCCCCCC)CP(=O)(O)OCC[N+](C)(C)C. The molecule has 0 aromatic rings. The molecule has 0 spiro atoms. The summed E-state index contributed by atoms with van der Waals surface area (Å²) < 4.78 is 23.3. The number of ether oxygens (including phenoxy) is 1. The largest absolute Gasteiger partial charge is 0.459 e. The monoisotopic (exact) mass is 364 g/mol. The zero-order chi connectivity index (χ0) is 18.6. The Bertz CT molecular complexity index is 420. The molecular formula is C17H35NO5P+. The van der Waals surface area contributed by atoms with Gasteiger partial charge in [0, 0.05) is 6.08 Å². The fourth-order valence-corrected chi connectivity index (χ4v) is 3.39. The van der Waals surface area contributed by atoms with Crippen LogP contribution in [-0.2, 0) is 18.6 Å². The van der Waals surface area contributed by atoms with Gasteiger partial charge in [-0.3, -0.25) is 4.57 Å². The average Bonchev–Trinajstić information content (AvgIpc) is 2.44. The molecule has 0 aromatic carbocycles. The van der Waals surface area contributed by atoms with Crippen LogP contribution in [0.4, 0.5) is 0 Å². The molecule has 6 nitrogen and oxygen atoms in total. The third kappa shape index (κ3) is 13.7. The fraction of sp³-hybridized carbons (Fsp3) is 0.824. The number of carbonyl (C=O) groups is 1. The minimum Gasteiger partial charge on any atom is -0.459 e. The summed E-state index contributed by atoms with van der Waals surface area (Å²) in [5.74, 6) is -0.570. The predicted octanol–water partition coefficient (Wildman–Crippen LogP) is 3.35. The lowest BCUT2D eigenvalue weighted by atomic mass is 10.1. The van der Waals surface area contributed by atoms with E-state index in [9.17, 15) is 14.3 Å². The Morgan fingerprint density at radius 3 is 2.42 bits per heavy atom. The van der Waals surface area contributed by atoms with Gasteiger partial charge in [-0.2, -0.15) is 0 Å². The van der Waals surface area contributed by atoms with Gasteiger partial charge < -0.3 is 18.6 Å². The van der Waals surface area contributed by atoms with Gasteiger partial charge in [0.2, 0.25) is 0 Å². The van der Waals surface area contributed by atoms with E-state index in [2.05, 4.69) is 13.5 Å². The van der Waals surface area contributed by atoms with E-state index < -0.39 is 19.7 Å². The fourth-order valence-electron chi connectivity index (χ4n) is 2.14. The van der Waals surface area contributed by atoms with E-state index in [1.807, 2.05) is 21.1 Å². The molecule has 0 amide bonds. The van der Waals surface area contributed by atoms with Crippen LogP contribution in [0.2, 0.25) is 0 Å². The van der Waals surface area contributed by atoms with E-state index in [-0.39, 0.29) is 12.8 Å². The Morgan fingerprint density at radius 1 is 1.25 bits per heavy atom. The van der Waals surface area contributed by atoms with Crippen molar-refractivity contribution >= 4 is 13.6 Å². The van der Waals surface area contributed by atoms with Crippen LogP contribution < -0.4 is 0 Å². The molecule has 0 aliphatic rings. The van der Waals surface area contributed by atoms with E-state index in [1.165, 1.54) is 6.42 Å². The Morgan fingerprint density at radius 2 is 1.88 bits per heavy atom. The third-order valence-electron chi connectivity index (χ3n) is 3.57. The molecule has 0 bridgehead atoms. The van der Waals surface area contributed by atoms with Crippen LogP contribution in [0, 0.1) is 0 Å². The smallest absolute Gasteiger partial charge is 0.332 e. The molecule has 0 heterocycles. The van der Waals surface area contributed by atoms with E-state index in [0.717, 1.165) is 31.8 Å². The van der Waals surface area contributed by atoms with Gasteiger partial charge in [-0.15, -0.1) is 0 Å². The van der Waals surface area contributed by atoms with Crippen molar-refractivity contribution in [1.82, 2.24) is 0 Å². The molecule has 142 valence electrons. The van der Waals surface area contributed by atoms with Crippen molar-refractivity contribution in [2.24, 2.45) is 0 Å². The Labute approximate surface area is 147 Å². The van der Waals surface area contributed by atoms with Crippen molar-refractivity contribution in [2.75, 3.05) is 40.5 Å². The second-order valence-electron chi connectivity index (χ2n) is 7.13. The highest BCUT2D eigenvalue weighted by molar-refractivity contribution is 7.52. The summed E-state index contributed by atoms with van der Waals surface area (Å²) in [5.41, 5.74) is 0. The molecule has 0 aliphatic heterocycles. The van der Waals surface area contributed by atoms with Crippen LogP contribution in [0.3, 0.4) is 0 Å². The number of unbranched alkanes of at least 4 members (excludes halogenated alkanes) is 4. The zero-order valence-corrected chi connectivity index (χ0v) is 16.6.